The number of likely N-dealkylation sites (tertiary alicyclic amines) is 1. The fraction of sp³-hybridized carbons (Fsp3) is 0.600. The second-order valence-corrected chi connectivity index (χ2v) is 8.36. The smallest absolute Gasteiger partial charge is 0.283 e. The summed E-state index contributed by atoms with van der Waals surface area (Å²) in [6.45, 7) is 6.09. The van der Waals surface area contributed by atoms with E-state index in [1.165, 1.54) is 6.26 Å². The number of nitrogens with one attached hydrogen (secondary N) is 1. The highest BCUT2D eigenvalue weighted by molar-refractivity contribution is 7.88. The van der Waals surface area contributed by atoms with Crippen molar-refractivity contribution in [3.8, 4) is 11.7 Å². The molecule has 2 atom stereocenters. The normalized spacial score (nSPS) is 22.5. The van der Waals surface area contributed by atoms with Gasteiger partial charge in [0.05, 0.1) is 19.1 Å². The van der Waals surface area contributed by atoms with Gasteiger partial charge < -0.3 is 8.83 Å². The number of furan rings is 1. The molecular formula is C15H22N4O4S. The highest BCUT2D eigenvalue weighted by Crippen LogP contribution is 2.26. The lowest BCUT2D eigenvalue weighted by atomic mass is 9.92. The molecule has 132 valence electrons. The van der Waals surface area contributed by atoms with Crippen molar-refractivity contribution >= 4 is 10.0 Å². The van der Waals surface area contributed by atoms with Crippen LogP contribution in [-0.4, -0.2) is 48.9 Å². The second kappa shape index (κ2) is 6.66. The van der Waals surface area contributed by atoms with Crippen LogP contribution < -0.4 is 4.72 Å². The molecule has 1 saturated heterocycles. The summed E-state index contributed by atoms with van der Waals surface area (Å²) in [5.41, 5.74) is 0. The largest absolute Gasteiger partial charge is 0.459 e. The monoisotopic (exact) mass is 354 g/mol. The lowest BCUT2D eigenvalue weighted by molar-refractivity contribution is 0.268. The highest BCUT2D eigenvalue weighted by Gasteiger charge is 2.36. The molecule has 3 rings (SSSR count). The third-order valence-electron chi connectivity index (χ3n) is 4.22. The standard InChI is InChI=1S/C15H22N4O4S/c1-10(2)11-7-19(8-12(11)18-24(3,20)21)9-14-16-17-15(23-14)13-5-4-6-22-13/h4-6,10-12,18H,7-9H2,1-3H3/t11-,12+/m0/s1. The Morgan fingerprint density at radius 3 is 2.79 bits per heavy atom. The summed E-state index contributed by atoms with van der Waals surface area (Å²) < 4.78 is 36.8. The molecule has 1 N–H and O–H groups in total. The van der Waals surface area contributed by atoms with E-state index in [-0.39, 0.29) is 12.0 Å². The van der Waals surface area contributed by atoms with Gasteiger partial charge in [-0.2, -0.15) is 0 Å². The Morgan fingerprint density at radius 1 is 1.38 bits per heavy atom. The molecule has 1 fully saturated rings. The third kappa shape index (κ3) is 4.03. The Labute approximate surface area is 141 Å². The van der Waals surface area contributed by atoms with Gasteiger partial charge in [-0.1, -0.05) is 13.8 Å². The third-order valence-corrected chi connectivity index (χ3v) is 4.95. The molecule has 0 saturated carbocycles. The van der Waals surface area contributed by atoms with E-state index in [4.69, 9.17) is 8.83 Å². The zero-order valence-electron chi connectivity index (χ0n) is 14.0. The molecule has 1 aliphatic heterocycles. The number of nitrogens with zero attached hydrogens (tertiary/aromatic N) is 3. The van der Waals surface area contributed by atoms with Crippen molar-refractivity contribution in [3.63, 3.8) is 0 Å². The fourth-order valence-corrected chi connectivity index (χ4v) is 3.93. The van der Waals surface area contributed by atoms with Crippen LogP contribution in [0.3, 0.4) is 0 Å². The van der Waals surface area contributed by atoms with E-state index in [0.29, 0.717) is 36.5 Å². The average Bonchev–Trinajstić information content (AvgIpc) is 3.17. The van der Waals surface area contributed by atoms with E-state index in [2.05, 4.69) is 33.7 Å². The van der Waals surface area contributed by atoms with E-state index >= 15 is 0 Å². The first-order chi connectivity index (χ1) is 11.3. The zero-order chi connectivity index (χ0) is 17.3. The van der Waals surface area contributed by atoms with Crippen molar-refractivity contribution < 1.29 is 17.3 Å². The molecule has 3 heterocycles. The van der Waals surface area contributed by atoms with Crippen molar-refractivity contribution in [2.45, 2.75) is 26.4 Å². The molecule has 2 aromatic heterocycles. The number of hydrogen-bond acceptors (Lipinski definition) is 7. The molecule has 0 aliphatic carbocycles. The minimum Gasteiger partial charge on any atom is -0.459 e. The Balaban J connectivity index is 1.67. The molecule has 8 nitrogen and oxygen atoms in total. The molecule has 0 spiro atoms. The van der Waals surface area contributed by atoms with Gasteiger partial charge in [0.25, 0.3) is 5.89 Å². The lowest BCUT2D eigenvalue weighted by Crippen LogP contribution is -2.41. The van der Waals surface area contributed by atoms with Gasteiger partial charge in [-0.25, -0.2) is 13.1 Å². The number of rotatable bonds is 6. The second-order valence-electron chi connectivity index (χ2n) is 6.58. The van der Waals surface area contributed by atoms with Crippen LogP contribution in [0.5, 0.6) is 0 Å². The van der Waals surface area contributed by atoms with Gasteiger partial charge in [0.2, 0.25) is 15.9 Å². The quantitative estimate of drug-likeness (QED) is 0.835. The van der Waals surface area contributed by atoms with Crippen LogP contribution in [0.25, 0.3) is 11.7 Å². The highest BCUT2D eigenvalue weighted by atomic mass is 32.2. The minimum absolute atomic E-state index is 0.104. The Morgan fingerprint density at radius 2 is 2.17 bits per heavy atom. The summed E-state index contributed by atoms with van der Waals surface area (Å²) in [4.78, 5) is 2.13. The molecule has 0 bridgehead atoms. The maximum absolute atomic E-state index is 11.6. The molecule has 0 aromatic carbocycles. The SMILES string of the molecule is CC(C)[C@@H]1CN(Cc2nnc(-c3ccco3)o2)C[C@H]1NS(C)(=O)=O. The first-order valence-corrected chi connectivity index (χ1v) is 9.77. The van der Waals surface area contributed by atoms with Crippen molar-refractivity contribution in [1.29, 1.82) is 0 Å². The molecule has 24 heavy (non-hydrogen) atoms. The molecular weight excluding hydrogens is 332 g/mol. The molecule has 2 aromatic rings. The van der Waals surface area contributed by atoms with Crippen LogP contribution in [0.4, 0.5) is 0 Å². The Kier molecular flexibility index (Phi) is 4.75. The average molecular weight is 354 g/mol. The van der Waals surface area contributed by atoms with E-state index in [1.54, 1.807) is 18.4 Å². The number of hydrogen-bond donors (Lipinski definition) is 1. The van der Waals surface area contributed by atoms with E-state index in [1.807, 2.05) is 0 Å². The van der Waals surface area contributed by atoms with Crippen LogP contribution in [0.15, 0.2) is 27.2 Å². The summed E-state index contributed by atoms with van der Waals surface area (Å²) in [5, 5.41) is 8.03. The summed E-state index contributed by atoms with van der Waals surface area (Å²) in [5.74, 6) is 1.99. The maximum Gasteiger partial charge on any atom is 0.283 e. The van der Waals surface area contributed by atoms with Crippen molar-refractivity contribution in [3.05, 3.63) is 24.3 Å². The summed E-state index contributed by atoms with van der Waals surface area (Å²) >= 11 is 0. The van der Waals surface area contributed by atoms with Gasteiger partial charge in [-0.15, -0.1) is 10.2 Å². The first kappa shape index (κ1) is 17.1. The van der Waals surface area contributed by atoms with Gasteiger partial charge >= 0.3 is 0 Å². The number of aromatic nitrogens is 2. The predicted molar refractivity (Wildman–Crippen MR) is 87.4 cm³/mol. The molecule has 0 radical (unpaired) electrons. The molecule has 0 unspecified atom stereocenters. The zero-order valence-corrected chi connectivity index (χ0v) is 14.8. The molecule has 9 heteroatoms. The Hall–Kier alpha value is -1.71. The summed E-state index contributed by atoms with van der Waals surface area (Å²) in [7, 11) is -3.24. The topological polar surface area (TPSA) is 101 Å². The number of sulfonamides is 1. The Bertz CT molecular complexity index is 769. The van der Waals surface area contributed by atoms with Gasteiger partial charge in [0.1, 0.15) is 0 Å². The van der Waals surface area contributed by atoms with Gasteiger partial charge in [0.15, 0.2) is 5.76 Å². The maximum atomic E-state index is 11.6. The van der Waals surface area contributed by atoms with Gasteiger partial charge in [0, 0.05) is 19.1 Å². The van der Waals surface area contributed by atoms with Crippen LogP contribution in [-0.2, 0) is 16.6 Å². The summed E-state index contributed by atoms with van der Waals surface area (Å²) in [6.07, 6.45) is 2.75. The molecule has 0 amide bonds. The summed E-state index contributed by atoms with van der Waals surface area (Å²) in [6, 6.07) is 3.41. The van der Waals surface area contributed by atoms with Crippen molar-refractivity contribution in [1.82, 2.24) is 19.8 Å². The predicted octanol–water partition coefficient (Wildman–Crippen LogP) is 1.34. The van der Waals surface area contributed by atoms with E-state index in [0.717, 1.165) is 6.54 Å². The first-order valence-electron chi connectivity index (χ1n) is 7.88. The van der Waals surface area contributed by atoms with E-state index in [9.17, 15) is 8.42 Å². The van der Waals surface area contributed by atoms with E-state index < -0.39 is 10.0 Å². The lowest BCUT2D eigenvalue weighted by Gasteiger charge is -2.21. The van der Waals surface area contributed by atoms with Crippen molar-refractivity contribution in [2.24, 2.45) is 11.8 Å². The van der Waals surface area contributed by atoms with Gasteiger partial charge in [-0.3, -0.25) is 4.90 Å². The van der Waals surface area contributed by atoms with Gasteiger partial charge in [-0.05, 0) is 24.0 Å². The minimum atomic E-state index is -3.24. The van der Waals surface area contributed by atoms with Crippen LogP contribution in [0, 0.1) is 11.8 Å². The molecule has 1 aliphatic rings. The van der Waals surface area contributed by atoms with Crippen LogP contribution >= 0.6 is 0 Å². The van der Waals surface area contributed by atoms with Crippen molar-refractivity contribution in [2.75, 3.05) is 19.3 Å². The van der Waals surface area contributed by atoms with Crippen LogP contribution in [0.1, 0.15) is 19.7 Å². The van der Waals surface area contributed by atoms with Crippen LogP contribution in [0.2, 0.25) is 0 Å². The fourth-order valence-electron chi connectivity index (χ4n) is 3.13.